The first-order valence-corrected chi connectivity index (χ1v) is 9.75. The molecule has 0 aliphatic carbocycles. The standard InChI is InChI=1S/C15H23ClNO4P/c1-11(2)10-14(15(18)20-12(3)4)17-22(16,19)21-13-8-6-5-7-9-13/h5-9,11-12,14H,10H2,1-4H3,(H,17,19)/t14-,22?/m0/s1. The van der Waals surface area contributed by atoms with Crippen LogP contribution in [-0.4, -0.2) is 18.1 Å². The van der Waals surface area contributed by atoms with Gasteiger partial charge < -0.3 is 9.26 Å². The highest BCUT2D eigenvalue weighted by atomic mass is 35.7. The van der Waals surface area contributed by atoms with Gasteiger partial charge in [0.05, 0.1) is 6.10 Å². The van der Waals surface area contributed by atoms with Gasteiger partial charge in [-0.05, 0) is 38.3 Å². The summed E-state index contributed by atoms with van der Waals surface area (Å²) in [5.41, 5.74) is 0. The van der Waals surface area contributed by atoms with Gasteiger partial charge in [0, 0.05) is 11.2 Å². The van der Waals surface area contributed by atoms with Crippen LogP contribution in [0.15, 0.2) is 30.3 Å². The number of hydrogen-bond acceptors (Lipinski definition) is 4. The molecule has 0 aliphatic rings. The highest BCUT2D eigenvalue weighted by Crippen LogP contribution is 2.49. The molecule has 0 bridgehead atoms. The first kappa shape index (κ1) is 19.0. The fourth-order valence-electron chi connectivity index (χ4n) is 1.82. The van der Waals surface area contributed by atoms with Crippen LogP contribution in [0.1, 0.15) is 34.1 Å². The van der Waals surface area contributed by atoms with Gasteiger partial charge in [0.2, 0.25) is 0 Å². The molecule has 1 N–H and O–H groups in total. The molecule has 2 atom stereocenters. The van der Waals surface area contributed by atoms with E-state index in [0.717, 1.165) is 0 Å². The summed E-state index contributed by atoms with van der Waals surface area (Å²) in [6.45, 7) is 3.71. The molecule has 0 saturated carbocycles. The highest BCUT2D eigenvalue weighted by molar-refractivity contribution is 7.84. The Morgan fingerprint density at radius 3 is 2.32 bits per heavy atom. The van der Waals surface area contributed by atoms with Gasteiger partial charge in [0.1, 0.15) is 11.8 Å². The lowest BCUT2D eigenvalue weighted by molar-refractivity contribution is -0.149. The largest absolute Gasteiger partial charge is 0.462 e. The molecule has 0 aromatic heterocycles. The Morgan fingerprint density at radius 1 is 1.23 bits per heavy atom. The fraction of sp³-hybridized carbons (Fsp3) is 0.533. The second-order valence-corrected chi connectivity index (χ2v) is 8.42. The van der Waals surface area contributed by atoms with E-state index in [4.69, 9.17) is 20.5 Å². The molecule has 0 radical (unpaired) electrons. The third-order valence-corrected chi connectivity index (χ3v) is 4.19. The van der Waals surface area contributed by atoms with E-state index in [9.17, 15) is 9.36 Å². The van der Waals surface area contributed by atoms with Crippen LogP contribution in [0.4, 0.5) is 0 Å². The molecule has 1 rings (SSSR count). The molecule has 0 heterocycles. The summed E-state index contributed by atoms with van der Waals surface area (Å²) in [6.07, 6.45) is 0.189. The van der Waals surface area contributed by atoms with Crippen molar-refractivity contribution in [2.75, 3.05) is 0 Å². The van der Waals surface area contributed by atoms with Gasteiger partial charge in [-0.15, -0.1) is 0 Å². The van der Waals surface area contributed by atoms with E-state index in [0.29, 0.717) is 12.2 Å². The number of carbonyl (C=O) groups is 1. The van der Waals surface area contributed by atoms with Gasteiger partial charge in [-0.3, -0.25) is 4.79 Å². The zero-order valence-corrected chi connectivity index (χ0v) is 14.9. The Morgan fingerprint density at radius 2 is 1.82 bits per heavy atom. The number of hydrogen-bond donors (Lipinski definition) is 1. The minimum Gasteiger partial charge on any atom is -0.462 e. The van der Waals surface area contributed by atoms with E-state index >= 15 is 0 Å². The van der Waals surface area contributed by atoms with Crippen LogP contribution in [0.2, 0.25) is 0 Å². The number of carbonyl (C=O) groups excluding carboxylic acids is 1. The predicted molar refractivity (Wildman–Crippen MR) is 88.1 cm³/mol. The molecule has 1 aromatic rings. The minimum atomic E-state index is -3.70. The van der Waals surface area contributed by atoms with E-state index < -0.39 is 18.9 Å². The van der Waals surface area contributed by atoms with E-state index in [1.54, 1.807) is 44.2 Å². The van der Waals surface area contributed by atoms with Crippen LogP contribution in [0.5, 0.6) is 5.75 Å². The lowest BCUT2D eigenvalue weighted by Crippen LogP contribution is -2.38. The Bertz CT molecular complexity index is 522. The van der Waals surface area contributed by atoms with Crippen molar-refractivity contribution in [2.24, 2.45) is 5.92 Å². The molecule has 0 fully saturated rings. The quantitative estimate of drug-likeness (QED) is 0.559. The molecule has 1 unspecified atom stereocenters. The molecule has 7 heteroatoms. The van der Waals surface area contributed by atoms with Crippen LogP contribution in [-0.2, 0) is 14.1 Å². The SMILES string of the molecule is CC(C)C[C@H](NP(=O)(Cl)Oc1ccccc1)C(=O)OC(C)C. The van der Waals surface area contributed by atoms with Gasteiger partial charge in [0.25, 0.3) is 0 Å². The van der Waals surface area contributed by atoms with Crippen molar-refractivity contribution >= 4 is 24.1 Å². The summed E-state index contributed by atoms with van der Waals surface area (Å²) in [7, 11) is 0. The molecule has 124 valence electrons. The number of rotatable bonds is 8. The average molecular weight is 348 g/mol. The Hall–Kier alpha value is -1.03. The molecular formula is C15H23ClNO4P. The topological polar surface area (TPSA) is 64.6 Å². The van der Waals surface area contributed by atoms with E-state index in [1.165, 1.54) is 0 Å². The molecule has 0 amide bonds. The van der Waals surface area contributed by atoms with Gasteiger partial charge >= 0.3 is 12.8 Å². The van der Waals surface area contributed by atoms with Gasteiger partial charge in [-0.25, -0.2) is 9.65 Å². The maximum atomic E-state index is 12.4. The van der Waals surface area contributed by atoms with Crippen molar-refractivity contribution in [3.05, 3.63) is 30.3 Å². The second-order valence-electron chi connectivity index (χ2n) is 5.68. The first-order valence-electron chi connectivity index (χ1n) is 7.22. The fourth-order valence-corrected chi connectivity index (χ4v) is 3.44. The lowest BCUT2D eigenvalue weighted by Gasteiger charge is -2.23. The van der Waals surface area contributed by atoms with Crippen molar-refractivity contribution in [1.29, 1.82) is 0 Å². The van der Waals surface area contributed by atoms with Gasteiger partial charge in [0.15, 0.2) is 0 Å². The summed E-state index contributed by atoms with van der Waals surface area (Å²) in [5.74, 6) is 0.0840. The maximum absolute atomic E-state index is 12.4. The normalized spacial score (nSPS) is 15.4. The van der Waals surface area contributed by atoms with Crippen LogP contribution >= 0.6 is 18.1 Å². The van der Waals surface area contributed by atoms with Gasteiger partial charge in [-0.2, -0.15) is 0 Å². The van der Waals surface area contributed by atoms with Crippen LogP contribution in [0, 0.1) is 5.92 Å². The molecule has 5 nitrogen and oxygen atoms in total. The smallest absolute Gasteiger partial charge is 0.409 e. The van der Waals surface area contributed by atoms with Crippen LogP contribution in [0.25, 0.3) is 0 Å². The van der Waals surface area contributed by atoms with Crippen molar-refractivity contribution < 1.29 is 18.6 Å². The predicted octanol–water partition coefficient (Wildman–Crippen LogP) is 4.37. The Kier molecular flexibility index (Phi) is 7.40. The number of para-hydroxylation sites is 1. The third kappa shape index (κ3) is 7.30. The van der Waals surface area contributed by atoms with Crippen molar-refractivity contribution in [2.45, 2.75) is 46.3 Å². The summed E-state index contributed by atoms with van der Waals surface area (Å²) >= 11 is 5.94. The van der Waals surface area contributed by atoms with Crippen molar-refractivity contribution in [3.8, 4) is 5.75 Å². The molecule has 0 saturated heterocycles. The molecule has 1 aromatic carbocycles. The summed E-state index contributed by atoms with van der Waals surface area (Å²) in [5, 5.41) is 2.60. The zero-order chi connectivity index (χ0) is 16.8. The third-order valence-electron chi connectivity index (χ3n) is 2.62. The lowest BCUT2D eigenvalue weighted by atomic mass is 10.0. The monoisotopic (exact) mass is 347 g/mol. The number of nitrogens with one attached hydrogen (secondary N) is 1. The van der Waals surface area contributed by atoms with Crippen LogP contribution in [0.3, 0.4) is 0 Å². The second kappa shape index (κ2) is 8.56. The summed E-state index contributed by atoms with van der Waals surface area (Å²) < 4.78 is 22.8. The average Bonchev–Trinajstić information content (AvgIpc) is 2.36. The number of benzene rings is 1. The Balaban J connectivity index is 2.78. The molecular weight excluding hydrogens is 325 g/mol. The van der Waals surface area contributed by atoms with Crippen molar-refractivity contribution in [1.82, 2.24) is 5.09 Å². The maximum Gasteiger partial charge on any atom is 0.409 e. The van der Waals surface area contributed by atoms with E-state index in [1.807, 2.05) is 13.8 Å². The van der Waals surface area contributed by atoms with E-state index in [2.05, 4.69) is 5.09 Å². The molecule has 22 heavy (non-hydrogen) atoms. The zero-order valence-electron chi connectivity index (χ0n) is 13.3. The first-order chi connectivity index (χ1) is 10.2. The minimum absolute atomic E-state index is 0.200. The summed E-state index contributed by atoms with van der Waals surface area (Å²) in [6, 6.07) is 7.78. The molecule has 0 spiro atoms. The number of esters is 1. The number of halogens is 1. The highest BCUT2D eigenvalue weighted by Gasteiger charge is 2.31. The molecule has 0 aliphatic heterocycles. The number of ether oxygens (including phenoxy) is 1. The van der Waals surface area contributed by atoms with E-state index in [-0.39, 0.29) is 12.0 Å². The van der Waals surface area contributed by atoms with Crippen molar-refractivity contribution in [3.63, 3.8) is 0 Å². The van der Waals surface area contributed by atoms with Gasteiger partial charge in [-0.1, -0.05) is 32.0 Å². The Labute approximate surface area is 136 Å². The summed E-state index contributed by atoms with van der Waals surface area (Å²) in [4.78, 5) is 12.1. The van der Waals surface area contributed by atoms with Crippen LogP contribution < -0.4 is 9.61 Å².